The molecule has 0 aromatic carbocycles. The maximum atomic E-state index is 5.95. The molecule has 0 saturated carbocycles. The molecule has 0 amide bonds. The van der Waals surface area contributed by atoms with Gasteiger partial charge in [-0.3, -0.25) is 0 Å². The number of nitrogens with zero attached hydrogens (tertiary/aromatic N) is 3. The highest BCUT2D eigenvalue weighted by Crippen LogP contribution is 2.19. The van der Waals surface area contributed by atoms with E-state index in [1.807, 2.05) is 17.7 Å². The molecule has 2 aromatic heterocycles. The van der Waals surface area contributed by atoms with Crippen LogP contribution in [-0.2, 0) is 12.8 Å². The molecule has 17 heavy (non-hydrogen) atoms. The van der Waals surface area contributed by atoms with E-state index in [4.69, 9.17) is 11.6 Å². The molecule has 4 heteroatoms. The van der Waals surface area contributed by atoms with E-state index in [0.29, 0.717) is 5.15 Å². The molecule has 2 rings (SSSR count). The van der Waals surface area contributed by atoms with Crippen LogP contribution in [0.2, 0.25) is 5.15 Å². The molecule has 0 N–H and O–H groups in total. The van der Waals surface area contributed by atoms with Gasteiger partial charge in [0.25, 0.3) is 0 Å². The van der Waals surface area contributed by atoms with E-state index in [-0.39, 0.29) is 0 Å². The van der Waals surface area contributed by atoms with E-state index < -0.39 is 0 Å². The van der Waals surface area contributed by atoms with Gasteiger partial charge in [0, 0.05) is 18.0 Å². The van der Waals surface area contributed by atoms with Gasteiger partial charge >= 0.3 is 0 Å². The van der Waals surface area contributed by atoms with Crippen LogP contribution in [0.15, 0.2) is 18.3 Å². The smallest absolute Gasteiger partial charge is 0.131 e. The Morgan fingerprint density at radius 1 is 1.24 bits per heavy atom. The maximum absolute atomic E-state index is 5.95. The molecule has 3 nitrogen and oxygen atoms in total. The molecule has 0 aliphatic rings. The first-order valence-electron chi connectivity index (χ1n) is 5.86. The molecule has 0 aliphatic carbocycles. The standard InChI is InChI=1S/C13H16ClN3/c1-4-10-6-11(5-2)17(16-10)12-7-13(14)15-8-9(12)3/h6-8H,4-5H2,1-3H3. The fourth-order valence-electron chi connectivity index (χ4n) is 1.82. The monoisotopic (exact) mass is 249 g/mol. The fourth-order valence-corrected chi connectivity index (χ4v) is 1.98. The molecule has 0 radical (unpaired) electrons. The zero-order valence-corrected chi connectivity index (χ0v) is 11.1. The van der Waals surface area contributed by atoms with E-state index in [1.165, 1.54) is 5.69 Å². The van der Waals surface area contributed by atoms with Crippen LogP contribution in [0.1, 0.15) is 30.8 Å². The molecule has 2 heterocycles. The zero-order chi connectivity index (χ0) is 12.4. The Hall–Kier alpha value is -1.35. The SMILES string of the molecule is CCc1cc(CC)n(-c2cc(Cl)ncc2C)n1. The third-order valence-corrected chi connectivity index (χ3v) is 3.03. The van der Waals surface area contributed by atoms with Crippen LogP contribution in [0.5, 0.6) is 0 Å². The van der Waals surface area contributed by atoms with Gasteiger partial charge in [0.05, 0.1) is 11.4 Å². The van der Waals surface area contributed by atoms with Crippen molar-refractivity contribution in [3.8, 4) is 5.69 Å². The number of pyridine rings is 1. The topological polar surface area (TPSA) is 30.7 Å². The normalized spacial score (nSPS) is 10.8. The summed E-state index contributed by atoms with van der Waals surface area (Å²) in [4.78, 5) is 4.07. The predicted molar refractivity (Wildman–Crippen MR) is 69.9 cm³/mol. The van der Waals surface area contributed by atoms with E-state index in [1.54, 1.807) is 6.20 Å². The van der Waals surface area contributed by atoms with Gasteiger partial charge in [-0.15, -0.1) is 0 Å². The molecule has 0 fully saturated rings. The number of rotatable bonds is 3. The second-order valence-corrected chi connectivity index (χ2v) is 4.43. The van der Waals surface area contributed by atoms with Gasteiger partial charge in [0.1, 0.15) is 5.15 Å². The number of aryl methyl sites for hydroxylation is 3. The Balaban J connectivity index is 2.58. The van der Waals surface area contributed by atoms with Crippen LogP contribution < -0.4 is 0 Å². The van der Waals surface area contributed by atoms with Crippen molar-refractivity contribution in [3.63, 3.8) is 0 Å². The Labute approximate surface area is 106 Å². The summed E-state index contributed by atoms with van der Waals surface area (Å²) < 4.78 is 1.97. The highest BCUT2D eigenvalue weighted by atomic mass is 35.5. The van der Waals surface area contributed by atoms with Gasteiger partial charge in [-0.05, 0) is 31.4 Å². The van der Waals surface area contributed by atoms with Crippen LogP contribution in [0.25, 0.3) is 5.69 Å². The summed E-state index contributed by atoms with van der Waals surface area (Å²) in [6, 6.07) is 4.01. The quantitative estimate of drug-likeness (QED) is 0.781. The summed E-state index contributed by atoms with van der Waals surface area (Å²) in [6.45, 7) is 6.26. The van der Waals surface area contributed by atoms with E-state index in [2.05, 4.69) is 30.0 Å². The van der Waals surface area contributed by atoms with Gasteiger partial charge in [0.15, 0.2) is 0 Å². The largest absolute Gasteiger partial charge is 0.244 e. The first-order chi connectivity index (χ1) is 8.15. The Bertz CT molecular complexity index is 531. The molecule has 0 saturated heterocycles. The van der Waals surface area contributed by atoms with Gasteiger partial charge in [-0.1, -0.05) is 25.4 Å². The van der Waals surface area contributed by atoms with Crippen molar-refractivity contribution >= 4 is 11.6 Å². The fraction of sp³-hybridized carbons (Fsp3) is 0.385. The van der Waals surface area contributed by atoms with Gasteiger partial charge < -0.3 is 0 Å². The molecule has 2 aromatic rings. The number of hydrogen-bond donors (Lipinski definition) is 0. The lowest BCUT2D eigenvalue weighted by molar-refractivity contribution is 0.787. The Kier molecular flexibility index (Phi) is 3.48. The summed E-state index contributed by atoms with van der Waals surface area (Å²) in [5.74, 6) is 0. The first-order valence-corrected chi connectivity index (χ1v) is 6.23. The van der Waals surface area contributed by atoms with Crippen LogP contribution >= 0.6 is 11.6 Å². The average Bonchev–Trinajstić information content (AvgIpc) is 2.75. The first kappa shape index (κ1) is 12.1. The number of halogens is 1. The molecule has 0 bridgehead atoms. The molecule has 0 unspecified atom stereocenters. The minimum absolute atomic E-state index is 0.501. The van der Waals surface area contributed by atoms with Crippen molar-refractivity contribution in [2.24, 2.45) is 0 Å². The lowest BCUT2D eigenvalue weighted by atomic mass is 10.2. The number of hydrogen-bond acceptors (Lipinski definition) is 2. The van der Waals surface area contributed by atoms with Crippen LogP contribution in [0.4, 0.5) is 0 Å². The van der Waals surface area contributed by atoms with Gasteiger partial charge in [-0.25, -0.2) is 9.67 Å². The second-order valence-electron chi connectivity index (χ2n) is 4.04. The third kappa shape index (κ3) is 2.34. The van der Waals surface area contributed by atoms with Crippen molar-refractivity contribution < 1.29 is 0 Å². The maximum Gasteiger partial charge on any atom is 0.131 e. The van der Waals surface area contributed by atoms with E-state index in [9.17, 15) is 0 Å². The Morgan fingerprint density at radius 3 is 2.65 bits per heavy atom. The van der Waals surface area contributed by atoms with Crippen molar-refractivity contribution in [2.75, 3.05) is 0 Å². The van der Waals surface area contributed by atoms with Gasteiger partial charge in [0.2, 0.25) is 0 Å². The highest BCUT2D eigenvalue weighted by molar-refractivity contribution is 6.29. The summed E-state index contributed by atoms with van der Waals surface area (Å²) >= 11 is 5.95. The second kappa shape index (κ2) is 4.88. The molecule has 90 valence electrons. The third-order valence-electron chi connectivity index (χ3n) is 2.83. The lowest BCUT2D eigenvalue weighted by Crippen LogP contribution is -2.04. The van der Waals surface area contributed by atoms with Crippen LogP contribution in [-0.4, -0.2) is 14.8 Å². The molecular formula is C13H16ClN3. The lowest BCUT2D eigenvalue weighted by Gasteiger charge is -2.09. The van der Waals surface area contributed by atoms with Crippen LogP contribution in [0.3, 0.4) is 0 Å². The highest BCUT2D eigenvalue weighted by Gasteiger charge is 2.10. The van der Waals surface area contributed by atoms with Crippen molar-refractivity contribution in [1.82, 2.24) is 14.8 Å². The summed E-state index contributed by atoms with van der Waals surface area (Å²) in [6.07, 6.45) is 3.68. The summed E-state index contributed by atoms with van der Waals surface area (Å²) in [7, 11) is 0. The van der Waals surface area contributed by atoms with E-state index >= 15 is 0 Å². The molecular weight excluding hydrogens is 234 g/mol. The average molecular weight is 250 g/mol. The van der Waals surface area contributed by atoms with Crippen molar-refractivity contribution in [1.29, 1.82) is 0 Å². The molecule has 0 spiro atoms. The summed E-state index contributed by atoms with van der Waals surface area (Å²) in [5.41, 5.74) is 4.40. The summed E-state index contributed by atoms with van der Waals surface area (Å²) in [5, 5.41) is 5.10. The predicted octanol–water partition coefficient (Wildman–Crippen LogP) is 3.35. The zero-order valence-electron chi connectivity index (χ0n) is 10.4. The number of aromatic nitrogens is 3. The minimum Gasteiger partial charge on any atom is -0.244 e. The molecule has 0 atom stereocenters. The van der Waals surface area contributed by atoms with Crippen molar-refractivity contribution in [3.05, 3.63) is 40.4 Å². The Morgan fingerprint density at radius 2 is 2.00 bits per heavy atom. The van der Waals surface area contributed by atoms with E-state index in [0.717, 1.165) is 29.8 Å². The van der Waals surface area contributed by atoms with Gasteiger partial charge in [-0.2, -0.15) is 5.10 Å². The minimum atomic E-state index is 0.501. The molecule has 0 aliphatic heterocycles. The van der Waals surface area contributed by atoms with Crippen molar-refractivity contribution in [2.45, 2.75) is 33.6 Å². The van der Waals surface area contributed by atoms with Crippen LogP contribution in [0, 0.1) is 6.92 Å².